The Morgan fingerprint density at radius 3 is 1.90 bits per heavy atom. The quantitative estimate of drug-likeness (QED) is 0.264. The van der Waals surface area contributed by atoms with E-state index in [1.54, 1.807) is 0 Å². The minimum atomic E-state index is -2.42. The molecule has 2 nitrogen and oxygen atoms in total. The third-order valence-electron chi connectivity index (χ3n) is 5.54. The fraction of sp³-hybridized carbons (Fsp3) is 0.462. The fourth-order valence-electron chi connectivity index (χ4n) is 4.05. The Kier molecular flexibility index (Phi) is 7.09. The van der Waals surface area contributed by atoms with E-state index >= 15 is 0 Å². The minimum Gasteiger partial charge on any atom is -0.407 e. The summed E-state index contributed by atoms with van der Waals surface area (Å²) < 4.78 is 12.7. The number of rotatable bonds is 7. The Balaban J connectivity index is 1.72. The van der Waals surface area contributed by atoms with E-state index in [2.05, 4.69) is 113 Å². The maximum absolute atomic E-state index is 6.95. The molecule has 1 fully saturated rings. The van der Waals surface area contributed by atoms with Crippen molar-refractivity contribution in [1.82, 2.24) is 0 Å². The van der Waals surface area contributed by atoms with Gasteiger partial charge in [0, 0.05) is 6.61 Å². The van der Waals surface area contributed by atoms with Gasteiger partial charge in [0.1, 0.15) is 14.2 Å². The molecule has 160 valence electrons. The van der Waals surface area contributed by atoms with Crippen LogP contribution in [0.3, 0.4) is 0 Å². The molecule has 2 aromatic rings. The molecule has 2 aromatic carbocycles. The van der Waals surface area contributed by atoms with Crippen LogP contribution in [-0.4, -0.2) is 35.2 Å². The van der Waals surface area contributed by atoms with Gasteiger partial charge in [0.15, 0.2) is 0 Å². The molecule has 0 N–H and O–H groups in total. The Morgan fingerprint density at radius 2 is 1.43 bits per heavy atom. The summed E-state index contributed by atoms with van der Waals surface area (Å²) in [7, 11) is -3.75. The van der Waals surface area contributed by atoms with Crippen molar-refractivity contribution in [2.24, 2.45) is 0 Å². The molecule has 0 aromatic heterocycles. The standard InChI is InChI=1S/C26H36O2Si2/c1-26(2,3)30(22-14-9-7-10-15-22,23-16-11-8-12-17-23)27-20-13-18-24-25(28-24)19-21-29(4,5)6/h7-12,14-17,24-25H,13,18,20H2,1-6H3/t24-,25-/m1/s1. The Labute approximate surface area is 185 Å². The highest BCUT2D eigenvalue weighted by molar-refractivity contribution is 6.99. The first kappa shape index (κ1) is 23.0. The number of hydrogen-bond acceptors (Lipinski definition) is 2. The van der Waals surface area contributed by atoms with Gasteiger partial charge in [0.05, 0.1) is 6.10 Å². The van der Waals surface area contributed by atoms with Gasteiger partial charge < -0.3 is 9.16 Å². The summed E-state index contributed by atoms with van der Waals surface area (Å²) in [5.41, 5.74) is 3.43. The average molecular weight is 437 g/mol. The molecule has 0 amide bonds. The molecule has 1 aliphatic heterocycles. The topological polar surface area (TPSA) is 21.8 Å². The first-order valence-electron chi connectivity index (χ1n) is 11.1. The summed E-state index contributed by atoms with van der Waals surface area (Å²) in [6.45, 7) is 14.5. The summed E-state index contributed by atoms with van der Waals surface area (Å²) in [5.74, 6) is 3.34. The fourth-order valence-corrected chi connectivity index (χ4v) is 9.23. The molecule has 1 aliphatic rings. The zero-order valence-electron chi connectivity index (χ0n) is 19.4. The SMILES string of the molecule is CC(C)(C)[Si](OCCC[C@H]1O[C@@H]1C#C[Si](C)(C)C)(c1ccccc1)c1ccccc1. The molecule has 0 saturated carbocycles. The first-order valence-corrected chi connectivity index (χ1v) is 16.5. The maximum atomic E-state index is 6.95. The lowest BCUT2D eigenvalue weighted by Crippen LogP contribution is -2.66. The van der Waals surface area contributed by atoms with E-state index in [1.165, 1.54) is 10.4 Å². The summed E-state index contributed by atoms with van der Waals surface area (Å²) in [6, 6.07) is 21.7. The van der Waals surface area contributed by atoms with Crippen LogP contribution < -0.4 is 10.4 Å². The van der Waals surface area contributed by atoms with Crippen LogP contribution in [0.15, 0.2) is 60.7 Å². The van der Waals surface area contributed by atoms with Gasteiger partial charge in [-0.3, -0.25) is 0 Å². The van der Waals surface area contributed by atoms with Crippen LogP contribution in [0.1, 0.15) is 33.6 Å². The number of epoxide rings is 1. The van der Waals surface area contributed by atoms with Crippen molar-refractivity contribution in [2.75, 3.05) is 6.61 Å². The monoisotopic (exact) mass is 436 g/mol. The molecule has 0 radical (unpaired) electrons. The van der Waals surface area contributed by atoms with Crippen molar-refractivity contribution in [3.05, 3.63) is 60.7 Å². The smallest absolute Gasteiger partial charge is 0.261 e. The highest BCUT2D eigenvalue weighted by Gasteiger charge is 2.50. The van der Waals surface area contributed by atoms with Crippen LogP contribution >= 0.6 is 0 Å². The van der Waals surface area contributed by atoms with Crippen LogP contribution in [0, 0.1) is 11.5 Å². The molecule has 0 spiro atoms. The van der Waals surface area contributed by atoms with E-state index < -0.39 is 16.4 Å². The van der Waals surface area contributed by atoms with E-state index in [0.717, 1.165) is 19.4 Å². The van der Waals surface area contributed by atoms with Gasteiger partial charge in [0.2, 0.25) is 0 Å². The molecule has 4 heteroatoms. The summed E-state index contributed by atoms with van der Waals surface area (Å²) in [5, 5.41) is 2.70. The molecular weight excluding hydrogens is 400 g/mol. The zero-order chi connectivity index (χ0) is 21.8. The van der Waals surface area contributed by atoms with Gasteiger partial charge >= 0.3 is 0 Å². The Hall–Kier alpha value is -1.65. The molecule has 0 unspecified atom stereocenters. The van der Waals surface area contributed by atoms with Crippen LogP contribution in [0.25, 0.3) is 0 Å². The van der Waals surface area contributed by atoms with E-state index in [9.17, 15) is 0 Å². The highest BCUT2D eigenvalue weighted by Crippen LogP contribution is 2.37. The molecule has 1 heterocycles. The number of ether oxygens (including phenoxy) is 1. The predicted molar refractivity (Wildman–Crippen MR) is 133 cm³/mol. The van der Waals surface area contributed by atoms with E-state index in [1.807, 2.05) is 0 Å². The number of benzene rings is 2. The predicted octanol–water partition coefficient (Wildman–Crippen LogP) is 4.99. The second-order valence-electron chi connectivity index (χ2n) is 10.3. The summed E-state index contributed by atoms with van der Waals surface area (Å²) >= 11 is 0. The normalized spacial score (nSPS) is 19.1. The molecule has 3 rings (SSSR count). The second kappa shape index (κ2) is 9.24. The van der Waals surface area contributed by atoms with Gasteiger partial charge in [-0.1, -0.05) is 107 Å². The molecule has 0 aliphatic carbocycles. The second-order valence-corrected chi connectivity index (χ2v) is 19.3. The summed E-state index contributed by atoms with van der Waals surface area (Å²) in [6.07, 6.45) is 2.45. The van der Waals surface area contributed by atoms with Gasteiger partial charge in [-0.25, -0.2) is 0 Å². The summed E-state index contributed by atoms with van der Waals surface area (Å²) in [4.78, 5) is 0. The van der Waals surface area contributed by atoms with Crippen molar-refractivity contribution in [3.63, 3.8) is 0 Å². The van der Waals surface area contributed by atoms with Crippen LogP contribution in [-0.2, 0) is 9.16 Å². The Bertz CT molecular complexity index is 831. The highest BCUT2D eigenvalue weighted by atomic mass is 28.4. The van der Waals surface area contributed by atoms with Crippen LogP contribution in [0.2, 0.25) is 24.7 Å². The lowest BCUT2D eigenvalue weighted by molar-refractivity contribution is 0.277. The van der Waals surface area contributed by atoms with Crippen molar-refractivity contribution < 1.29 is 9.16 Å². The van der Waals surface area contributed by atoms with Gasteiger partial charge in [0.25, 0.3) is 8.32 Å². The van der Waals surface area contributed by atoms with E-state index in [0.29, 0.717) is 0 Å². The van der Waals surface area contributed by atoms with Crippen molar-refractivity contribution in [3.8, 4) is 11.5 Å². The van der Waals surface area contributed by atoms with Gasteiger partial charge in [-0.05, 0) is 28.3 Å². The van der Waals surface area contributed by atoms with Crippen molar-refractivity contribution in [1.29, 1.82) is 0 Å². The van der Waals surface area contributed by atoms with Crippen molar-refractivity contribution >= 4 is 26.8 Å². The lowest BCUT2D eigenvalue weighted by Gasteiger charge is -2.43. The van der Waals surface area contributed by atoms with E-state index in [-0.39, 0.29) is 17.2 Å². The van der Waals surface area contributed by atoms with Gasteiger partial charge in [-0.2, -0.15) is 0 Å². The molecule has 0 bridgehead atoms. The van der Waals surface area contributed by atoms with Crippen LogP contribution in [0.5, 0.6) is 0 Å². The molecule has 1 saturated heterocycles. The average Bonchev–Trinajstić information content (AvgIpc) is 3.45. The number of hydrogen-bond donors (Lipinski definition) is 0. The third-order valence-corrected chi connectivity index (χ3v) is 11.5. The maximum Gasteiger partial charge on any atom is 0.261 e. The zero-order valence-corrected chi connectivity index (χ0v) is 21.4. The van der Waals surface area contributed by atoms with Crippen LogP contribution in [0.4, 0.5) is 0 Å². The van der Waals surface area contributed by atoms with E-state index in [4.69, 9.17) is 9.16 Å². The van der Waals surface area contributed by atoms with Gasteiger partial charge in [-0.15, -0.1) is 5.54 Å². The molecule has 30 heavy (non-hydrogen) atoms. The first-order chi connectivity index (χ1) is 14.1. The molecular formula is C26H36O2Si2. The van der Waals surface area contributed by atoms with Crippen molar-refractivity contribution in [2.45, 2.75) is 70.5 Å². The molecule has 2 atom stereocenters. The largest absolute Gasteiger partial charge is 0.407 e. The third kappa shape index (κ3) is 5.53. The Morgan fingerprint density at radius 1 is 0.900 bits per heavy atom. The lowest BCUT2D eigenvalue weighted by atomic mass is 10.2. The minimum absolute atomic E-state index is 0.0249.